The Bertz CT molecular complexity index is 1230. The summed E-state index contributed by atoms with van der Waals surface area (Å²) in [6.07, 6.45) is 2.77. The maximum atomic E-state index is 13.0. The summed E-state index contributed by atoms with van der Waals surface area (Å²) in [4.78, 5) is 27.0. The van der Waals surface area contributed by atoms with Crippen molar-refractivity contribution in [3.8, 4) is 11.4 Å². The van der Waals surface area contributed by atoms with Crippen LogP contribution in [0.1, 0.15) is 61.8 Å². The predicted molar refractivity (Wildman–Crippen MR) is 146 cm³/mol. The van der Waals surface area contributed by atoms with Crippen LogP contribution in [0.15, 0.2) is 35.5 Å². The van der Waals surface area contributed by atoms with Crippen molar-refractivity contribution in [1.82, 2.24) is 14.8 Å². The Morgan fingerprint density at radius 3 is 2.61 bits per heavy atom. The van der Waals surface area contributed by atoms with E-state index >= 15 is 0 Å². The molecule has 1 N–H and O–H groups in total. The van der Waals surface area contributed by atoms with Crippen molar-refractivity contribution in [2.24, 2.45) is 11.3 Å². The fourth-order valence-electron chi connectivity index (χ4n) is 4.61. The third-order valence-corrected chi connectivity index (χ3v) is 8.76. The van der Waals surface area contributed by atoms with Crippen LogP contribution in [-0.4, -0.2) is 39.0 Å². The minimum atomic E-state index is -0.356. The lowest BCUT2D eigenvalue weighted by molar-refractivity contribution is -0.113. The van der Waals surface area contributed by atoms with Gasteiger partial charge >= 0.3 is 5.97 Å². The fourth-order valence-corrected chi connectivity index (χ4v) is 6.74. The van der Waals surface area contributed by atoms with E-state index in [4.69, 9.17) is 4.74 Å². The number of thiophene rings is 1. The van der Waals surface area contributed by atoms with E-state index in [0.717, 1.165) is 36.2 Å². The van der Waals surface area contributed by atoms with Gasteiger partial charge in [-0.25, -0.2) is 4.79 Å². The van der Waals surface area contributed by atoms with Crippen molar-refractivity contribution in [2.75, 3.05) is 17.7 Å². The first-order valence-corrected chi connectivity index (χ1v) is 14.3. The van der Waals surface area contributed by atoms with Gasteiger partial charge in [-0.3, -0.25) is 4.79 Å². The van der Waals surface area contributed by atoms with Gasteiger partial charge in [0.05, 0.1) is 17.9 Å². The van der Waals surface area contributed by atoms with Crippen molar-refractivity contribution >= 4 is 40.0 Å². The Labute approximate surface area is 221 Å². The summed E-state index contributed by atoms with van der Waals surface area (Å²) in [6, 6.07) is 9.89. The average molecular weight is 527 g/mol. The van der Waals surface area contributed by atoms with Gasteiger partial charge < -0.3 is 14.6 Å². The highest BCUT2D eigenvalue weighted by Gasteiger charge is 2.34. The van der Waals surface area contributed by atoms with Crippen LogP contribution >= 0.6 is 23.1 Å². The highest BCUT2D eigenvalue weighted by molar-refractivity contribution is 7.99. The van der Waals surface area contributed by atoms with Gasteiger partial charge in [0.1, 0.15) is 5.00 Å². The topological polar surface area (TPSA) is 86.1 Å². The molecule has 0 unspecified atom stereocenters. The number of hydrogen-bond donors (Lipinski definition) is 1. The van der Waals surface area contributed by atoms with Crippen LogP contribution in [0.5, 0.6) is 0 Å². The van der Waals surface area contributed by atoms with Crippen molar-refractivity contribution in [2.45, 2.75) is 65.6 Å². The normalized spacial score (nSPS) is 15.4. The molecule has 0 saturated carbocycles. The van der Waals surface area contributed by atoms with Gasteiger partial charge in [0.25, 0.3) is 0 Å². The highest BCUT2D eigenvalue weighted by Crippen LogP contribution is 2.44. The average Bonchev–Trinajstić information content (AvgIpc) is 3.43. The number of amides is 1. The molecule has 0 radical (unpaired) electrons. The van der Waals surface area contributed by atoms with E-state index in [1.807, 2.05) is 41.8 Å². The van der Waals surface area contributed by atoms with Crippen LogP contribution in [0.2, 0.25) is 0 Å². The molecule has 2 aromatic heterocycles. The molecule has 0 aliphatic heterocycles. The number of thioether (sulfide) groups is 1. The van der Waals surface area contributed by atoms with Gasteiger partial charge in [-0.15, -0.1) is 21.5 Å². The number of esters is 1. The van der Waals surface area contributed by atoms with E-state index in [0.29, 0.717) is 34.8 Å². The lowest BCUT2D eigenvalue weighted by Gasteiger charge is -2.33. The largest absolute Gasteiger partial charge is 0.462 e. The first-order valence-electron chi connectivity index (χ1n) is 12.5. The number of ether oxygens (including phenoxy) is 1. The quantitative estimate of drug-likeness (QED) is 0.283. The molecule has 7 nitrogen and oxygen atoms in total. The minimum Gasteiger partial charge on any atom is -0.462 e. The smallest absolute Gasteiger partial charge is 0.341 e. The van der Waals surface area contributed by atoms with Crippen molar-refractivity contribution in [3.05, 3.63) is 46.3 Å². The number of nitrogens with zero attached hydrogens (tertiary/aromatic N) is 3. The molecule has 0 fully saturated rings. The van der Waals surface area contributed by atoms with Crippen LogP contribution in [-0.2, 0) is 28.9 Å². The summed E-state index contributed by atoms with van der Waals surface area (Å²) >= 11 is 2.86. The summed E-state index contributed by atoms with van der Waals surface area (Å²) in [5.74, 6) is 0.957. The Morgan fingerprint density at radius 2 is 1.94 bits per heavy atom. The molecule has 0 spiro atoms. The van der Waals surface area contributed by atoms with Gasteiger partial charge in [0.2, 0.25) is 5.91 Å². The summed E-state index contributed by atoms with van der Waals surface area (Å²) in [5, 5.41) is 13.0. The van der Waals surface area contributed by atoms with E-state index in [1.165, 1.54) is 28.0 Å². The maximum Gasteiger partial charge on any atom is 0.341 e. The zero-order chi connectivity index (χ0) is 25.9. The van der Waals surface area contributed by atoms with Crippen LogP contribution in [0.4, 0.5) is 5.00 Å². The molecular formula is C27H34N4O3S2. The van der Waals surface area contributed by atoms with Crippen LogP contribution in [0.25, 0.3) is 11.4 Å². The Kier molecular flexibility index (Phi) is 8.20. The third kappa shape index (κ3) is 5.67. The number of rotatable bonds is 8. The number of benzene rings is 1. The second-order valence-electron chi connectivity index (χ2n) is 9.99. The Morgan fingerprint density at radius 1 is 1.19 bits per heavy atom. The molecule has 1 aliphatic carbocycles. The lowest BCUT2D eigenvalue weighted by atomic mass is 9.72. The molecule has 4 rings (SSSR count). The Balaban J connectivity index is 1.51. The molecule has 0 bridgehead atoms. The lowest BCUT2D eigenvalue weighted by Crippen LogP contribution is -2.26. The zero-order valence-electron chi connectivity index (χ0n) is 21.6. The number of carbonyl (C=O) groups excluding carboxylic acids is 2. The molecule has 2 heterocycles. The summed E-state index contributed by atoms with van der Waals surface area (Å²) in [5.41, 5.74) is 2.75. The first-order chi connectivity index (χ1) is 17.2. The predicted octanol–water partition coefficient (Wildman–Crippen LogP) is 6.09. The molecule has 36 heavy (non-hydrogen) atoms. The molecule has 1 aromatic carbocycles. The molecule has 0 saturated heterocycles. The van der Waals surface area contributed by atoms with Gasteiger partial charge in [-0.1, -0.05) is 62.9 Å². The first kappa shape index (κ1) is 26.4. The van der Waals surface area contributed by atoms with E-state index in [2.05, 4.69) is 36.3 Å². The van der Waals surface area contributed by atoms with E-state index < -0.39 is 0 Å². The van der Waals surface area contributed by atoms with Gasteiger partial charge in [0.15, 0.2) is 11.0 Å². The second kappa shape index (κ2) is 11.2. The fraction of sp³-hybridized carbons (Fsp3) is 0.481. The van der Waals surface area contributed by atoms with Crippen LogP contribution < -0.4 is 5.32 Å². The van der Waals surface area contributed by atoms with Gasteiger partial charge in [-0.2, -0.15) is 0 Å². The molecule has 9 heteroatoms. The van der Waals surface area contributed by atoms with E-state index in [1.54, 1.807) is 6.92 Å². The standard InChI is InChI=1S/C27H34N4O3S2/c1-6-31-23(17-11-9-8-10-12-17)29-30-26(31)35-16-21(32)28-24-22(25(33)34-7-2)19-14-13-18(27(3,4)5)15-20(19)36-24/h8-12,18H,6-7,13-16H2,1-5H3,(H,28,32)/t18-/m0/s1. The number of carbonyl (C=O) groups is 2. The van der Waals surface area contributed by atoms with Gasteiger partial charge in [0, 0.05) is 17.0 Å². The molecule has 1 amide bonds. The minimum absolute atomic E-state index is 0.169. The van der Waals surface area contributed by atoms with E-state index in [9.17, 15) is 9.59 Å². The third-order valence-electron chi connectivity index (χ3n) is 6.62. The number of aromatic nitrogens is 3. The molecule has 3 aromatic rings. The van der Waals surface area contributed by atoms with Crippen LogP contribution in [0.3, 0.4) is 0 Å². The zero-order valence-corrected chi connectivity index (χ0v) is 23.2. The summed E-state index contributed by atoms with van der Waals surface area (Å²) in [7, 11) is 0. The van der Waals surface area contributed by atoms with Crippen molar-refractivity contribution < 1.29 is 14.3 Å². The SMILES string of the molecule is CCOC(=O)c1c(NC(=O)CSc2nnc(-c3ccccc3)n2CC)sc2c1CC[C@H](C(C)(C)C)C2. The molecule has 1 atom stereocenters. The van der Waals surface area contributed by atoms with Crippen molar-refractivity contribution in [1.29, 1.82) is 0 Å². The number of fused-ring (bicyclic) bond motifs is 1. The second-order valence-corrected chi connectivity index (χ2v) is 12.0. The summed E-state index contributed by atoms with van der Waals surface area (Å²) < 4.78 is 7.37. The maximum absolute atomic E-state index is 13.0. The molecule has 192 valence electrons. The number of hydrogen-bond acceptors (Lipinski definition) is 7. The number of anilines is 1. The summed E-state index contributed by atoms with van der Waals surface area (Å²) in [6.45, 7) is 11.6. The highest BCUT2D eigenvalue weighted by atomic mass is 32.2. The monoisotopic (exact) mass is 526 g/mol. The Hall–Kier alpha value is -2.65. The molecular weight excluding hydrogens is 492 g/mol. The van der Waals surface area contributed by atoms with Crippen LogP contribution in [0, 0.1) is 11.3 Å². The van der Waals surface area contributed by atoms with E-state index in [-0.39, 0.29) is 23.0 Å². The van der Waals surface area contributed by atoms with Crippen molar-refractivity contribution in [3.63, 3.8) is 0 Å². The molecule has 1 aliphatic rings. The van der Waals surface area contributed by atoms with Gasteiger partial charge in [-0.05, 0) is 50.0 Å². The number of nitrogens with one attached hydrogen (secondary N) is 1.